The third kappa shape index (κ3) is 3.36. The Kier molecular flexibility index (Phi) is 4.43. The van der Waals surface area contributed by atoms with Gasteiger partial charge in [-0.3, -0.25) is 4.99 Å². The Balaban J connectivity index is 2.47. The van der Waals surface area contributed by atoms with Crippen LogP contribution in [0, 0.1) is 0 Å². The number of hydrogen-bond acceptors (Lipinski definition) is 3. The van der Waals surface area contributed by atoms with Crippen LogP contribution in [-0.2, 0) is 4.79 Å². The predicted octanol–water partition coefficient (Wildman–Crippen LogP) is 1.41. The molecule has 14 heavy (non-hydrogen) atoms. The SMILES string of the molecule is CCC(NC1=NCCCCC1)C(=O)O. The number of carboxylic acid groups (broad SMARTS) is 1. The van der Waals surface area contributed by atoms with E-state index in [1.165, 1.54) is 6.42 Å². The van der Waals surface area contributed by atoms with E-state index >= 15 is 0 Å². The molecule has 4 nitrogen and oxygen atoms in total. The highest BCUT2D eigenvalue weighted by atomic mass is 16.4. The second-order valence-corrected chi connectivity index (χ2v) is 3.58. The molecule has 1 atom stereocenters. The molecule has 0 saturated carbocycles. The van der Waals surface area contributed by atoms with Gasteiger partial charge in [0.2, 0.25) is 0 Å². The van der Waals surface area contributed by atoms with Crippen molar-refractivity contribution >= 4 is 11.8 Å². The lowest BCUT2D eigenvalue weighted by Crippen LogP contribution is -2.40. The Morgan fingerprint density at radius 3 is 3.00 bits per heavy atom. The number of nitrogens with zero attached hydrogens (tertiary/aromatic N) is 1. The van der Waals surface area contributed by atoms with Crippen LogP contribution in [0.4, 0.5) is 0 Å². The predicted molar refractivity (Wildman–Crippen MR) is 55.6 cm³/mol. The Morgan fingerprint density at radius 1 is 1.57 bits per heavy atom. The number of aliphatic carboxylic acids is 1. The monoisotopic (exact) mass is 198 g/mol. The molecule has 0 saturated heterocycles. The molecule has 0 aromatic heterocycles. The maximum Gasteiger partial charge on any atom is 0.326 e. The van der Waals surface area contributed by atoms with Crippen molar-refractivity contribution in [2.75, 3.05) is 6.54 Å². The van der Waals surface area contributed by atoms with Crippen LogP contribution in [0.3, 0.4) is 0 Å². The Hall–Kier alpha value is -1.06. The van der Waals surface area contributed by atoms with Crippen LogP contribution in [0.5, 0.6) is 0 Å². The fourth-order valence-corrected chi connectivity index (χ4v) is 1.53. The van der Waals surface area contributed by atoms with Gasteiger partial charge in [0.05, 0.1) is 5.84 Å². The smallest absolute Gasteiger partial charge is 0.326 e. The molecule has 4 heteroatoms. The molecule has 0 radical (unpaired) electrons. The van der Waals surface area contributed by atoms with E-state index in [1.807, 2.05) is 6.92 Å². The fraction of sp³-hybridized carbons (Fsp3) is 0.800. The lowest BCUT2D eigenvalue weighted by Gasteiger charge is -2.14. The molecule has 0 spiro atoms. The maximum atomic E-state index is 10.8. The summed E-state index contributed by atoms with van der Waals surface area (Å²) in [6, 6.07) is -0.480. The summed E-state index contributed by atoms with van der Waals surface area (Å²) in [5.74, 6) is 0.0798. The van der Waals surface area contributed by atoms with E-state index in [4.69, 9.17) is 5.11 Å². The second kappa shape index (κ2) is 5.62. The van der Waals surface area contributed by atoms with Gasteiger partial charge in [-0.2, -0.15) is 0 Å². The molecule has 1 rings (SSSR count). The zero-order valence-electron chi connectivity index (χ0n) is 8.62. The van der Waals surface area contributed by atoms with Crippen LogP contribution in [-0.4, -0.2) is 29.5 Å². The first kappa shape index (κ1) is 11.0. The van der Waals surface area contributed by atoms with Crippen molar-refractivity contribution in [1.82, 2.24) is 5.32 Å². The third-order valence-electron chi connectivity index (χ3n) is 2.42. The van der Waals surface area contributed by atoms with Crippen LogP contribution >= 0.6 is 0 Å². The van der Waals surface area contributed by atoms with E-state index in [-0.39, 0.29) is 0 Å². The molecule has 1 unspecified atom stereocenters. The zero-order chi connectivity index (χ0) is 10.4. The van der Waals surface area contributed by atoms with Gasteiger partial charge in [-0.25, -0.2) is 4.79 Å². The Morgan fingerprint density at radius 2 is 2.36 bits per heavy atom. The van der Waals surface area contributed by atoms with Gasteiger partial charge in [-0.15, -0.1) is 0 Å². The standard InChI is InChI=1S/C10H18N2O2/c1-2-8(10(13)14)12-9-6-4-3-5-7-11-9/h8H,2-7H2,1H3,(H,11,12)(H,13,14). The number of nitrogens with one attached hydrogen (secondary N) is 1. The lowest BCUT2D eigenvalue weighted by molar-refractivity contribution is -0.139. The van der Waals surface area contributed by atoms with Crippen molar-refractivity contribution in [3.63, 3.8) is 0 Å². The van der Waals surface area contributed by atoms with Crippen molar-refractivity contribution < 1.29 is 9.90 Å². The molecule has 0 bridgehead atoms. The summed E-state index contributed by atoms with van der Waals surface area (Å²) in [7, 11) is 0. The van der Waals surface area contributed by atoms with Gasteiger partial charge < -0.3 is 10.4 Å². The molecular formula is C10H18N2O2. The second-order valence-electron chi connectivity index (χ2n) is 3.58. The van der Waals surface area contributed by atoms with E-state index in [0.717, 1.165) is 31.6 Å². The maximum absolute atomic E-state index is 10.8. The summed E-state index contributed by atoms with van der Waals surface area (Å²) in [6.45, 7) is 2.70. The highest BCUT2D eigenvalue weighted by Crippen LogP contribution is 2.07. The number of amidine groups is 1. The van der Waals surface area contributed by atoms with Gasteiger partial charge in [-0.05, 0) is 19.3 Å². The molecular weight excluding hydrogens is 180 g/mol. The number of hydrogen-bond donors (Lipinski definition) is 2. The summed E-state index contributed by atoms with van der Waals surface area (Å²) < 4.78 is 0. The van der Waals surface area contributed by atoms with E-state index in [2.05, 4.69) is 10.3 Å². The first-order valence-electron chi connectivity index (χ1n) is 5.26. The molecule has 0 fully saturated rings. The van der Waals surface area contributed by atoms with E-state index in [0.29, 0.717) is 6.42 Å². The summed E-state index contributed by atoms with van der Waals surface area (Å²) in [4.78, 5) is 15.1. The van der Waals surface area contributed by atoms with Crippen molar-refractivity contribution in [3.8, 4) is 0 Å². The molecule has 0 aliphatic carbocycles. The topological polar surface area (TPSA) is 61.7 Å². The minimum Gasteiger partial charge on any atom is -0.480 e. The van der Waals surface area contributed by atoms with Crippen LogP contribution in [0.1, 0.15) is 39.0 Å². The van der Waals surface area contributed by atoms with Gasteiger partial charge in [-0.1, -0.05) is 13.3 Å². The average Bonchev–Trinajstić information content (AvgIpc) is 2.41. The Labute approximate surface area is 84.4 Å². The molecule has 1 aliphatic heterocycles. The van der Waals surface area contributed by atoms with Crippen molar-refractivity contribution in [2.24, 2.45) is 4.99 Å². The quantitative estimate of drug-likeness (QED) is 0.720. The van der Waals surface area contributed by atoms with Gasteiger partial charge >= 0.3 is 5.97 Å². The zero-order valence-corrected chi connectivity index (χ0v) is 8.62. The fourth-order valence-electron chi connectivity index (χ4n) is 1.53. The summed E-state index contributed by atoms with van der Waals surface area (Å²) in [6.07, 6.45) is 4.91. The lowest BCUT2D eigenvalue weighted by atomic mass is 10.2. The first-order valence-corrected chi connectivity index (χ1v) is 5.26. The minimum atomic E-state index is -0.792. The highest BCUT2D eigenvalue weighted by Gasteiger charge is 2.16. The van der Waals surface area contributed by atoms with Crippen molar-refractivity contribution in [1.29, 1.82) is 0 Å². The molecule has 0 aromatic carbocycles. The van der Waals surface area contributed by atoms with Gasteiger partial charge in [0.15, 0.2) is 0 Å². The normalized spacial score (nSPS) is 19.4. The summed E-state index contributed by atoms with van der Waals surface area (Å²) >= 11 is 0. The van der Waals surface area contributed by atoms with E-state index in [1.54, 1.807) is 0 Å². The third-order valence-corrected chi connectivity index (χ3v) is 2.42. The molecule has 80 valence electrons. The highest BCUT2D eigenvalue weighted by molar-refractivity contribution is 5.87. The molecule has 1 heterocycles. The largest absolute Gasteiger partial charge is 0.480 e. The van der Waals surface area contributed by atoms with Gasteiger partial charge in [0.25, 0.3) is 0 Å². The molecule has 0 amide bonds. The van der Waals surface area contributed by atoms with Crippen molar-refractivity contribution in [2.45, 2.75) is 45.1 Å². The van der Waals surface area contributed by atoms with Gasteiger partial charge in [0, 0.05) is 13.0 Å². The Bertz CT molecular complexity index is 226. The van der Waals surface area contributed by atoms with Crippen LogP contribution < -0.4 is 5.32 Å². The molecule has 0 aromatic rings. The van der Waals surface area contributed by atoms with Crippen LogP contribution in [0.25, 0.3) is 0 Å². The van der Waals surface area contributed by atoms with Crippen LogP contribution in [0.2, 0.25) is 0 Å². The van der Waals surface area contributed by atoms with Crippen LogP contribution in [0.15, 0.2) is 4.99 Å². The average molecular weight is 198 g/mol. The van der Waals surface area contributed by atoms with Gasteiger partial charge in [0.1, 0.15) is 6.04 Å². The first-order chi connectivity index (χ1) is 6.74. The van der Waals surface area contributed by atoms with E-state index < -0.39 is 12.0 Å². The van der Waals surface area contributed by atoms with Crippen molar-refractivity contribution in [3.05, 3.63) is 0 Å². The number of carboxylic acids is 1. The summed E-state index contributed by atoms with van der Waals surface area (Å²) in [5.41, 5.74) is 0. The number of rotatable bonds is 3. The van der Waals surface area contributed by atoms with E-state index in [9.17, 15) is 4.79 Å². The minimum absolute atomic E-state index is 0.480. The molecule has 2 N–H and O–H groups in total. The summed E-state index contributed by atoms with van der Waals surface area (Å²) in [5, 5.41) is 11.9. The molecule has 1 aliphatic rings. The number of aliphatic imine (C=N–C) groups is 1. The number of carbonyl (C=O) groups is 1.